The van der Waals surface area contributed by atoms with Crippen LogP contribution in [0.1, 0.15) is 29.8 Å². The van der Waals surface area contributed by atoms with E-state index >= 15 is 0 Å². The van der Waals surface area contributed by atoms with Gasteiger partial charge in [0.25, 0.3) is 11.9 Å². The molecule has 0 N–H and O–H groups in total. The molecule has 0 radical (unpaired) electrons. The highest BCUT2D eigenvalue weighted by atomic mass is 16.6. The Labute approximate surface area is 129 Å². The minimum atomic E-state index is -0.0745. The lowest BCUT2D eigenvalue weighted by Gasteiger charge is -2.25. The highest BCUT2D eigenvalue weighted by molar-refractivity contribution is 5.91. The van der Waals surface area contributed by atoms with Crippen LogP contribution in [0.4, 0.5) is 0 Å². The predicted molar refractivity (Wildman–Crippen MR) is 81.5 cm³/mol. The van der Waals surface area contributed by atoms with E-state index in [0.717, 1.165) is 25.9 Å². The number of ether oxygens (including phenoxy) is 2. The second kappa shape index (κ2) is 6.56. The lowest BCUT2D eigenvalue weighted by Crippen LogP contribution is -2.35. The number of hydrogen-bond acceptors (Lipinski definition) is 4. The lowest BCUT2D eigenvalue weighted by atomic mass is 10.1. The Hall–Kier alpha value is -2.43. The van der Waals surface area contributed by atoms with E-state index in [-0.39, 0.29) is 11.9 Å². The van der Waals surface area contributed by atoms with E-state index < -0.39 is 0 Å². The minimum Gasteiger partial charge on any atom is -0.493 e. The van der Waals surface area contributed by atoms with Gasteiger partial charge in [0, 0.05) is 19.2 Å². The molecule has 1 aliphatic rings. The monoisotopic (exact) mass is 301 g/mol. The number of likely N-dealkylation sites (tertiary alicyclic amines) is 1. The zero-order valence-electron chi connectivity index (χ0n) is 12.6. The molecule has 2 aromatic rings. The van der Waals surface area contributed by atoms with E-state index in [2.05, 4.69) is 0 Å². The van der Waals surface area contributed by atoms with Crippen molar-refractivity contribution in [2.24, 2.45) is 0 Å². The number of amides is 1. The van der Waals surface area contributed by atoms with Crippen LogP contribution in [0.3, 0.4) is 0 Å². The van der Waals surface area contributed by atoms with E-state index in [1.807, 2.05) is 17.0 Å². The molecule has 1 aliphatic heterocycles. The first-order chi connectivity index (χ1) is 10.8. The van der Waals surface area contributed by atoms with E-state index in [1.165, 1.54) is 6.42 Å². The van der Waals surface area contributed by atoms with Gasteiger partial charge in [-0.1, -0.05) is 12.1 Å². The molecule has 1 aromatic carbocycles. The Bertz CT molecular complexity index is 644. The summed E-state index contributed by atoms with van der Waals surface area (Å²) in [5, 5.41) is 0. The van der Waals surface area contributed by atoms with Crippen LogP contribution in [-0.2, 0) is 0 Å². The minimum absolute atomic E-state index is 0.0745. The summed E-state index contributed by atoms with van der Waals surface area (Å²) >= 11 is 0. The summed E-state index contributed by atoms with van der Waals surface area (Å²) in [6.07, 6.45) is 3.29. The number of piperidine rings is 1. The molecule has 0 aliphatic carbocycles. The summed E-state index contributed by atoms with van der Waals surface area (Å²) in [4.78, 5) is 14.2. The number of methoxy groups -OCH3 is 1. The van der Waals surface area contributed by atoms with Gasteiger partial charge in [-0.05, 0) is 37.5 Å². The highest BCUT2D eigenvalue weighted by Crippen LogP contribution is 2.32. The van der Waals surface area contributed by atoms with Gasteiger partial charge in [0.05, 0.1) is 7.11 Å². The number of hydrogen-bond donors (Lipinski definition) is 0. The van der Waals surface area contributed by atoms with Gasteiger partial charge in [-0.3, -0.25) is 4.79 Å². The molecule has 2 heterocycles. The number of nitrogens with zero attached hydrogens (tertiary/aromatic N) is 1. The third-order valence-corrected chi connectivity index (χ3v) is 3.72. The van der Waals surface area contributed by atoms with Gasteiger partial charge in [-0.2, -0.15) is 0 Å². The molecule has 1 aromatic heterocycles. The van der Waals surface area contributed by atoms with Gasteiger partial charge in [-0.25, -0.2) is 0 Å². The molecule has 116 valence electrons. The second-order valence-electron chi connectivity index (χ2n) is 5.22. The van der Waals surface area contributed by atoms with Crippen molar-refractivity contribution in [1.29, 1.82) is 0 Å². The van der Waals surface area contributed by atoms with E-state index in [1.54, 1.807) is 31.4 Å². The summed E-state index contributed by atoms with van der Waals surface area (Å²) in [5.41, 5.74) is 0. The van der Waals surface area contributed by atoms with Crippen LogP contribution in [0, 0.1) is 0 Å². The topological polar surface area (TPSA) is 51.9 Å². The fourth-order valence-corrected chi connectivity index (χ4v) is 2.55. The van der Waals surface area contributed by atoms with Gasteiger partial charge in [0.2, 0.25) is 0 Å². The van der Waals surface area contributed by atoms with Crippen molar-refractivity contribution in [2.45, 2.75) is 19.3 Å². The normalized spacial score (nSPS) is 14.7. The van der Waals surface area contributed by atoms with Crippen molar-refractivity contribution < 1.29 is 18.7 Å². The van der Waals surface area contributed by atoms with Crippen molar-refractivity contribution >= 4 is 5.91 Å². The molecule has 0 saturated carbocycles. The largest absolute Gasteiger partial charge is 0.493 e. The fourth-order valence-electron chi connectivity index (χ4n) is 2.55. The second-order valence-corrected chi connectivity index (χ2v) is 5.22. The average Bonchev–Trinajstić information content (AvgIpc) is 3.04. The molecule has 1 fully saturated rings. The number of para-hydroxylation sites is 2. The molecular formula is C17H19NO4. The van der Waals surface area contributed by atoms with Crippen molar-refractivity contribution in [3.8, 4) is 17.4 Å². The van der Waals surface area contributed by atoms with Crippen LogP contribution in [-0.4, -0.2) is 31.0 Å². The maximum Gasteiger partial charge on any atom is 0.290 e. The van der Waals surface area contributed by atoms with Crippen LogP contribution in [0.25, 0.3) is 0 Å². The zero-order chi connectivity index (χ0) is 15.4. The van der Waals surface area contributed by atoms with Gasteiger partial charge in [0.1, 0.15) is 0 Å². The Morgan fingerprint density at radius 3 is 2.50 bits per heavy atom. The first-order valence-electron chi connectivity index (χ1n) is 7.48. The first kappa shape index (κ1) is 14.5. The third kappa shape index (κ3) is 3.08. The number of rotatable bonds is 4. The van der Waals surface area contributed by atoms with Crippen LogP contribution in [0.15, 0.2) is 40.8 Å². The molecule has 5 nitrogen and oxygen atoms in total. The summed E-state index contributed by atoms with van der Waals surface area (Å²) in [6.45, 7) is 1.59. The number of carbonyl (C=O) groups excluding carboxylic acids is 1. The van der Waals surface area contributed by atoms with E-state index in [4.69, 9.17) is 13.9 Å². The Morgan fingerprint density at radius 2 is 1.77 bits per heavy atom. The predicted octanol–water partition coefficient (Wildman–Crippen LogP) is 3.71. The molecule has 1 amide bonds. The van der Waals surface area contributed by atoms with Crippen LogP contribution < -0.4 is 9.47 Å². The molecule has 22 heavy (non-hydrogen) atoms. The Kier molecular flexibility index (Phi) is 4.32. The number of carbonyl (C=O) groups is 1. The Balaban J connectivity index is 1.72. The van der Waals surface area contributed by atoms with Crippen LogP contribution in [0.2, 0.25) is 0 Å². The maximum atomic E-state index is 12.3. The van der Waals surface area contributed by atoms with Gasteiger partial charge in [-0.15, -0.1) is 0 Å². The van der Waals surface area contributed by atoms with E-state index in [9.17, 15) is 4.79 Å². The number of furan rings is 1. The standard InChI is InChI=1S/C17H19NO4/c1-20-13-7-3-4-8-14(13)21-16-10-9-15(22-16)17(19)18-11-5-2-6-12-18/h3-4,7-10H,2,5-6,11-12H2,1H3. The van der Waals surface area contributed by atoms with Gasteiger partial charge < -0.3 is 18.8 Å². The first-order valence-corrected chi connectivity index (χ1v) is 7.48. The summed E-state index contributed by atoms with van der Waals surface area (Å²) < 4.78 is 16.4. The van der Waals surface area contributed by atoms with E-state index in [0.29, 0.717) is 17.3 Å². The van der Waals surface area contributed by atoms with Crippen molar-refractivity contribution in [3.05, 3.63) is 42.2 Å². The number of benzene rings is 1. The smallest absolute Gasteiger partial charge is 0.290 e. The molecule has 0 unspecified atom stereocenters. The average molecular weight is 301 g/mol. The maximum absolute atomic E-state index is 12.3. The van der Waals surface area contributed by atoms with Gasteiger partial charge in [0.15, 0.2) is 17.3 Å². The molecule has 0 bridgehead atoms. The molecular weight excluding hydrogens is 282 g/mol. The Morgan fingerprint density at radius 1 is 1.05 bits per heavy atom. The quantitative estimate of drug-likeness (QED) is 0.864. The molecule has 1 saturated heterocycles. The molecule has 0 atom stereocenters. The van der Waals surface area contributed by atoms with Crippen molar-refractivity contribution in [1.82, 2.24) is 4.90 Å². The summed E-state index contributed by atoms with van der Waals surface area (Å²) in [7, 11) is 1.58. The van der Waals surface area contributed by atoms with Crippen molar-refractivity contribution in [3.63, 3.8) is 0 Å². The highest BCUT2D eigenvalue weighted by Gasteiger charge is 2.21. The zero-order valence-corrected chi connectivity index (χ0v) is 12.6. The van der Waals surface area contributed by atoms with Crippen molar-refractivity contribution in [2.75, 3.05) is 20.2 Å². The SMILES string of the molecule is COc1ccccc1Oc1ccc(C(=O)N2CCCCC2)o1. The molecule has 5 heteroatoms. The third-order valence-electron chi connectivity index (χ3n) is 3.72. The summed E-state index contributed by atoms with van der Waals surface area (Å²) in [5.74, 6) is 1.69. The lowest BCUT2D eigenvalue weighted by molar-refractivity contribution is 0.0687. The fraction of sp³-hybridized carbons (Fsp3) is 0.353. The van der Waals surface area contributed by atoms with Gasteiger partial charge >= 0.3 is 0 Å². The summed E-state index contributed by atoms with van der Waals surface area (Å²) in [6, 6.07) is 10.6. The molecule has 3 rings (SSSR count). The van der Waals surface area contributed by atoms with Crippen LogP contribution in [0.5, 0.6) is 17.4 Å². The van der Waals surface area contributed by atoms with Crippen LogP contribution >= 0.6 is 0 Å². The molecule has 0 spiro atoms.